The molecule has 1 aromatic heterocycles. The van der Waals surface area contributed by atoms with Gasteiger partial charge in [-0.05, 0) is 13.0 Å². The van der Waals surface area contributed by atoms with Gasteiger partial charge in [0.05, 0.1) is 16.2 Å². The summed E-state index contributed by atoms with van der Waals surface area (Å²) in [7, 11) is 0. The molecule has 0 fully saturated rings. The number of non-ortho nitro benzene ring substituents is 1. The monoisotopic (exact) mass is 296 g/mol. The lowest BCUT2D eigenvalue weighted by atomic mass is 10.1. The van der Waals surface area contributed by atoms with Gasteiger partial charge in [0.2, 0.25) is 0 Å². The van der Waals surface area contributed by atoms with Gasteiger partial charge in [-0.15, -0.1) is 0 Å². The number of alkyl halides is 3. The average Bonchev–Trinajstić information content (AvgIpc) is 2.79. The highest BCUT2D eigenvalue weighted by atomic mass is 19.4. The fraction of sp³-hybridized carbons (Fsp3) is 0.167. The Bertz CT molecular complexity index is 759. The highest BCUT2D eigenvalue weighted by molar-refractivity contribution is 5.55. The van der Waals surface area contributed by atoms with Crippen molar-refractivity contribution in [2.75, 3.05) is 0 Å². The quantitative estimate of drug-likeness (QED) is 0.630. The standard InChI is InChI=1S/C12H7F3N4O2/c1-7-17-11(12(13,14)15)6-18(7)10-3-2-9(19(20)21)4-8(10)5-16/h2-4,6H,1H3. The van der Waals surface area contributed by atoms with E-state index in [-0.39, 0.29) is 22.8 Å². The second kappa shape index (κ2) is 4.90. The zero-order valence-electron chi connectivity index (χ0n) is 10.5. The number of nitro groups is 1. The summed E-state index contributed by atoms with van der Waals surface area (Å²) in [6.07, 6.45) is -3.86. The van der Waals surface area contributed by atoms with E-state index in [1.807, 2.05) is 0 Å². The molecule has 6 nitrogen and oxygen atoms in total. The average molecular weight is 296 g/mol. The van der Waals surface area contributed by atoms with Crippen molar-refractivity contribution in [2.24, 2.45) is 0 Å². The maximum atomic E-state index is 12.6. The summed E-state index contributed by atoms with van der Waals surface area (Å²) in [5, 5.41) is 19.7. The molecule has 2 rings (SSSR count). The van der Waals surface area contributed by atoms with Crippen molar-refractivity contribution >= 4 is 5.69 Å². The number of hydrogen-bond donors (Lipinski definition) is 0. The minimum absolute atomic E-state index is 0.0210. The molecule has 1 aromatic carbocycles. The molecule has 0 spiro atoms. The van der Waals surface area contributed by atoms with E-state index in [4.69, 9.17) is 5.26 Å². The number of rotatable bonds is 2. The van der Waals surface area contributed by atoms with Crippen LogP contribution >= 0.6 is 0 Å². The molecule has 9 heteroatoms. The third-order valence-electron chi connectivity index (χ3n) is 2.74. The van der Waals surface area contributed by atoms with E-state index < -0.39 is 16.8 Å². The normalized spacial score (nSPS) is 11.2. The van der Waals surface area contributed by atoms with Crippen LogP contribution in [0, 0.1) is 28.4 Å². The highest BCUT2D eigenvalue weighted by Gasteiger charge is 2.34. The van der Waals surface area contributed by atoms with Crippen LogP contribution in [0.2, 0.25) is 0 Å². The van der Waals surface area contributed by atoms with Crippen molar-refractivity contribution in [1.82, 2.24) is 9.55 Å². The summed E-state index contributed by atoms with van der Waals surface area (Å²) in [6, 6.07) is 5.06. The number of benzene rings is 1. The van der Waals surface area contributed by atoms with Crippen LogP contribution in [0.25, 0.3) is 5.69 Å². The van der Waals surface area contributed by atoms with E-state index in [1.54, 1.807) is 6.07 Å². The number of hydrogen-bond acceptors (Lipinski definition) is 4. The zero-order chi connectivity index (χ0) is 15.8. The summed E-state index contributed by atoms with van der Waals surface area (Å²) < 4.78 is 38.9. The SMILES string of the molecule is Cc1nc(C(F)(F)F)cn1-c1ccc([N+](=O)[O-])cc1C#N. The first-order chi connectivity index (χ1) is 9.74. The zero-order valence-corrected chi connectivity index (χ0v) is 10.5. The van der Waals surface area contributed by atoms with Crippen LogP contribution in [0.3, 0.4) is 0 Å². The predicted molar refractivity (Wildman–Crippen MR) is 64.7 cm³/mol. The van der Waals surface area contributed by atoms with Crippen LogP contribution in [0.5, 0.6) is 0 Å². The molecular weight excluding hydrogens is 289 g/mol. The molecule has 0 unspecified atom stereocenters. The number of aromatic nitrogens is 2. The van der Waals surface area contributed by atoms with Crippen LogP contribution in [-0.4, -0.2) is 14.5 Å². The lowest BCUT2D eigenvalue weighted by Crippen LogP contribution is -2.05. The molecule has 0 bridgehead atoms. The van der Waals surface area contributed by atoms with Crippen LogP contribution in [0.1, 0.15) is 17.1 Å². The Morgan fingerprint density at radius 3 is 2.57 bits per heavy atom. The number of halogens is 3. The Morgan fingerprint density at radius 2 is 2.10 bits per heavy atom. The Kier molecular flexibility index (Phi) is 3.39. The van der Waals surface area contributed by atoms with Crippen LogP contribution < -0.4 is 0 Å². The number of nitrogens with zero attached hydrogens (tertiary/aromatic N) is 4. The first-order valence-electron chi connectivity index (χ1n) is 5.56. The molecule has 1 heterocycles. The largest absolute Gasteiger partial charge is 0.434 e. The number of aryl methyl sites for hydroxylation is 1. The summed E-state index contributed by atoms with van der Waals surface area (Å²) >= 11 is 0. The summed E-state index contributed by atoms with van der Waals surface area (Å²) in [6.45, 7) is 1.35. The van der Waals surface area contributed by atoms with Crippen LogP contribution in [0.4, 0.5) is 18.9 Å². The fourth-order valence-corrected chi connectivity index (χ4v) is 1.79. The van der Waals surface area contributed by atoms with Gasteiger partial charge < -0.3 is 4.57 Å². The van der Waals surface area contributed by atoms with Crippen molar-refractivity contribution in [3.05, 3.63) is 51.6 Å². The molecule has 0 N–H and O–H groups in total. The van der Waals surface area contributed by atoms with E-state index in [1.165, 1.54) is 13.0 Å². The molecule has 0 aliphatic rings. The molecule has 0 radical (unpaired) electrons. The fourth-order valence-electron chi connectivity index (χ4n) is 1.79. The van der Waals surface area contributed by atoms with Gasteiger partial charge >= 0.3 is 6.18 Å². The molecule has 108 valence electrons. The molecule has 0 aliphatic heterocycles. The second-order valence-corrected chi connectivity index (χ2v) is 4.11. The highest BCUT2D eigenvalue weighted by Crippen LogP contribution is 2.30. The van der Waals surface area contributed by atoms with Gasteiger partial charge in [0.25, 0.3) is 5.69 Å². The summed E-state index contributed by atoms with van der Waals surface area (Å²) in [4.78, 5) is 13.3. The van der Waals surface area contributed by atoms with Gasteiger partial charge in [-0.25, -0.2) is 4.98 Å². The van der Waals surface area contributed by atoms with Crippen molar-refractivity contribution in [1.29, 1.82) is 5.26 Å². The molecule has 21 heavy (non-hydrogen) atoms. The third kappa shape index (κ3) is 2.69. The topological polar surface area (TPSA) is 84.8 Å². The predicted octanol–water partition coefficient (Wildman–Crippen LogP) is 2.98. The van der Waals surface area contributed by atoms with Gasteiger partial charge in [-0.3, -0.25) is 10.1 Å². The Hall–Kier alpha value is -2.89. The summed E-state index contributed by atoms with van der Waals surface area (Å²) in [5.74, 6) is 0.0210. The minimum atomic E-state index is -4.61. The molecule has 0 saturated carbocycles. The Labute approximate surface area is 116 Å². The van der Waals surface area contributed by atoms with Gasteiger partial charge in [0, 0.05) is 18.3 Å². The smallest absolute Gasteiger partial charge is 0.302 e. The van der Waals surface area contributed by atoms with Crippen LogP contribution in [0.15, 0.2) is 24.4 Å². The molecule has 2 aromatic rings. The van der Waals surface area contributed by atoms with Crippen molar-refractivity contribution in [3.63, 3.8) is 0 Å². The van der Waals surface area contributed by atoms with Gasteiger partial charge in [0.15, 0.2) is 5.69 Å². The molecule has 0 amide bonds. The maximum Gasteiger partial charge on any atom is 0.434 e. The van der Waals surface area contributed by atoms with Crippen molar-refractivity contribution in [3.8, 4) is 11.8 Å². The molecule has 0 saturated heterocycles. The van der Waals surface area contributed by atoms with Gasteiger partial charge in [0.1, 0.15) is 11.9 Å². The van der Waals surface area contributed by atoms with E-state index >= 15 is 0 Å². The lowest BCUT2D eigenvalue weighted by molar-refractivity contribution is -0.384. The first kappa shape index (κ1) is 14.5. The first-order valence-corrected chi connectivity index (χ1v) is 5.56. The van der Waals surface area contributed by atoms with E-state index in [0.29, 0.717) is 0 Å². The lowest BCUT2D eigenvalue weighted by Gasteiger charge is -2.06. The van der Waals surface area contributed by atoms with Crippen molar-refractivity contribution < 1.29 is 18.1 Å². The van der Waals surface area contributed by atoms with Gasteiger partial charge in [-0.2, -0.15) is 18.4 Å². The van der Waals surface area contributed by atoms with E-state index in [2.05, 4.69) is 4.98 Å². The maximum absolute atomic E-state index is 12.6. The minimum Gasteiger partial charge on any atom is -0.302 e. The molecule has 0 aliphatic carbocycles. The number of imidazole rings is 1. The van der Waals surface area contributed by atoms with Crippen LogP contribution in [-0.2, 0) is 6.18 Å². The third-order valence-corrected chi connectivity index (χ3v) is 2.74. The second-order valence-electron chi connectivity index (χ2n) is 4.11. The molecular formula is C12H7F3N4O2. The van der Waals surface area contributed by atoms with Crippen molar-refractivity contribution in [2.45, 2.75) is 13.1 Å². The van der Waals surface area contributed by atoms with Gasteiger partial charge in [-0.1, -0.05) is 0 Å². The Morgan fingerprint density at radius 1 is 1.43 bits per heavy atom. The van der Waals surface area contributed by atoms with E-state index in [0.717, 1.165) is 22.9 Å². The Balaban J connectivity index is 2.60. The summed E-state index contributed by atoms with van der Waals surface area (Å²) in [5.41, 5.74) is -1.42. The molecule has 0 atom stereocenters. The number of nitro benzene ring substituents is 1. The van der Waals surface area contributed by atoms with E-state index in [9.17, 15) is 23.3 Å². The number of nitriles is 1.